The van der Waals surface area contributed by atoms with Crippen LogP contribution >= 0.6 is 0 Å². The summed E-state index contributed by atoms with van der Waals surface area (Å²) in [5.41, 5.74) is -0.341. The maximum absolute atomic E-state index is 10.8. The van der Waals surface area contributed by atoms with Crippen molar-refractivity contribution in [1.82, 2.24) is 0 Å². The first-order valence-corrected chi connectivity index (χ1v) is 3.11. The van der Waals surface area contributed by atoms with Gasteiger partial charge in [-0.1, -0.05) is 0 Å². The normalized spacial score (nSPS) is 8.18. The highest BCUT2D eigenvalue weighted by molar-refractivity contribution is 6.22. The Kier molecular flexibility index (Phi) is 3.85. The van der Waals surface area contributed by atoms with E-state index in [4.69, 9.17) is 5.41 Å². The van der Waals surface area contributed by atoms with Crippen LogP contribution in [0.5, 0.6) is 0 Å². The summed E-state index contributed by atoms with van der Waals surface area (Å²) in [6, 6.07) is 0. The Labute approximate surface area is 64.4 Å². The van der Waals surface area contributed by atoms with Crippen molar-refractivity contribution >= 4 is 17.6 Å². The third-order valence-corrected chi connectivity index (χ3v) is 0.957. The van der Waals surface area contributed by atoms with Gasteiger partial charge < -0.3 is 4.74 Å². The Balaban J connectivity index is 4.42. The van der Waals surface area contributed by atoms with E-state index >= 15 is 0 Å². The van der Waals surface area contributed by atoms with E-state index in [2.05, 4.69) is 4.74 Å². The molecular formula is C7H9NO3. The lowest BCUT2D eigenvalue weighted by atomic mass is 10.2. The maximum Gasteiger partial charge on any atom is 0.351 e. The molecule has 0 spiro atoms. The lowest BCUT2D eigenvalue weighted by molar-refractivity contribution is -0.139. The van der Waals surface area contributed by atoms with Crippen LogP contribution in [0.3, 0.4) is 0 Å². The Bertz CT molecular complexity index is 226. The second kappa shape index (κ2) is 4.41. The number of Topliss-reactive ketones (excluding diaryl/α,β-unsaturated/α-hetero) is 1. The number of hydrogen-bond acceptors (Lipinski definition) is 4. The van der Waals surface area contributed by atoms with E-state index in [-0.39, 0.29) is 12.2 Å². The zero-order valence-corrected chi connectivity index (χ0v) is 6.43. The average Bonchev–Trinajstić information content (AvgIpc) is 1.88. The fourth-order valence-corrected chi connectivity index (χ4v) is 0.486. The molecule has 0 aromatic carbocycles. The molecule has 0 aliphatic heterocycles. The van der Waals surface area contributed by atoms with Gasteiger partial charge in [0, 0.05) is 6.92 Å². The van der Waals surface area contributed by atoms with Crippen molar-refractivity contribution in [3.63, 3.8) is 0 Å². The molecule has 0 aromatic heterocycles. The molecule has 0 rings (SSSR count). The minimum atomic E-state index is -0.782. The van der Waals surface area contributed by atoms with Gasteiger partial charge in [-0.2, -0.15) is 0 Å². The van der Waals surface area contributed by atoms with E-state index in [1.165, 1.54) is 6.92 Å². The van der Waals surface area contributed by atoms with Crippen molar-refractivity contribution in [1.29, 1.82) is 5.41 Å². The molecule has 11 heavy (non-hydrogen) atoms. The molecule has 4 heteroatoms. The minimum absolute atomic E-state index is 0.192. The fraction of sp³-hybridized carbons (Fsp3) is 0.429. The van der Waals surface area contributed by atoms with Crippen molar-refractivity contribution in [3.05, 3.63) is 5.57 Å². The zero-order valence-electron chi connectivity index (χ0n) is 6.43. The quantitative estimate of drug-likeness (QED) is 0.210. The first kappa shape index (κ1) is 9.59. The highest BCUT2D eigenvalue weighted by Gasteiger charge is 2.14. The first-order chi connectivity index (χ1) is 5.13. The van der Waals surface area contributed by atoms with Crippen molar-refractivity contribution < 1.29 is 14.3 Å². The van der Waals surface area contributed by atoms with E-state index in [0.717, 1.165) is 0 Å². The van der Waals surface area contributed by atoms with Gasteiger partial charge in [0.1, 0.15) is 0 Å². The van der Waals surface area contributed by atoms with E-state index in [0.29, 0.717) is 0 Å². The highest BCUT2D eigenvalue weighted by Crippen LogP contribution is 1.94. The summed E-state index contributed by atoms with van der Waals surface area (Å²) >= 11 is 0. The van der Waals surface area contributed by atoms with Gasteiger partial charge >= 0.3 is 5.97 Å². The van der Waals surface area contributed by atoms with Crippen molar-refractivity contribution in [3.8, 4) is 0 Å². The molecule has 0 amide bonds. The number of nitrogens with one attached hydrogen (secondary N) is 1. The van der Waals surface area contributed by atoms with Crippen LogP contribution in [0, 0.1) is 5.41 Å². The van der Waals surface area contributed by atoms with E-state index in [9.17, 15) is 9.59 Å². The van der Waals surface area contributed by atoms with Crippen molar-refractivity contribution in [2.75, 3.05) is 6.61 Å². The molecule has 4 nitrogen and oxygen atoms in total. The molecule has 0 aliphatic carbocycles. The number of rotatable bonds is 3. The second-order valence-electron chi connectivity index (χ2n) is 1.78. The summed E-state index contributed by atoms with van der Waals surface area (Å²) in [5.74, 6) is 0.445. The molecule has 0 radical (unpaired) electrons. The Hall–Kier alpha value is -1.41. The van der Waals surface area contributed by atoms with E-state index in [1.807, 2.05) is 0 Å². The van der Waals surface area contributed by atoms with Crippen LogP contribution in [0.2, 0.25) is 0 Å². The number of carbonyl (C=O) groups is 2. The topological polar surface area (TPSA) is 67.2 Å². The lowest BCUT2D eigenvalue weighted by Crippen LogP contribution is -2.13. The molecule has 60 valence electrons. The predicted molar refractivity (Wildman–Crippen MR) is 38.6 cm³/mol. The largest absolute Gasteiger partial charge is 0.462 e. The maximum atomic E-state index is 10.8. The van der Waals surface area contributed by atoms with Gasteiger partial charge in [0.25, 0.3) is 0 Å². The molecular weight excluding hydrogens is 146 g/mol. The van der Waals surface area contributed by atoms with E-state index in [1.54, 1.807) is 12.8 Å². The fourth-order valence-electron chi connectivity index (χ4n) is 0.486. The van der Waals surface area contributed by atoms with Crippen LogP contribution in [-0.2, 0) is 14.3 Å². The molecule has 0 atom stereocenters. The minimum Gasteiger partial charge on any atom is -0.462 e. The number of esters is 1. The number of carbonyl (C=O) groups excluding carboxylic acids is 2. The van der Waals surface area contributed by atoms with E-state index < -0.39 is 11.8 Å². The van der Waals surface area contributed by atoms with Crippen LogP contribution in [0.1, 0.15) is 13.8 Å². The molecule has 0 fully saturated rings. The first-order valence-electron chi connectivity index (χ1n) is 3.11. The third kappa shape index (κ3) is 2.78. The Morgan fingerprint density at radius 1 is 1.55 bits per heavy atom. The van der Waals surface area contributed by atoms with Gasteiger partial charge in [-0.05, 0) is 12.8 Å². The summed E-state index contributed by atoms with van der Waals surface area (Å²) in [7, 11) is 0. The third-order valence-electron chi connectivity index (χ3n) is 0.957. The summed E-state index contributed by atoms with van der Waals surface area (Å²) in [6.07, 6.45) is 0. The highest BCUT2D eigenvalue weighted by atomic mass is 16.5. The van der Waals surface area contributed by atoms with Crippen molar-refractivity contribution in [2.24, 2.45) is 0 Å². The molecule has 0 saturated carbocycles. The Morgan fingerprint density at radius 2 is 2.09 bits per heavy atom. The molecule has 0 bridgehead atoms. The van der Waals surface area contributed by atoms with Crippen LogP contribution in [0.25, 0.3) is 0 Å². The van der Waals surface area contributed by atoms with Gasteiger partial charge in [0.2, 0.25) is 0 Å². The molecule has 0 heterocycles. The smallest absolute Gasteiger partial charge is 0.351 e. The number of ketones is 1. The van der Waals surface area contributed by atoms with Crippen molar-refractivity contribution in [2.45, 2.75) is 13.8 Å². The van der Waals surface area contributed by atoms with Gasteiger partial charge in [0.15, 0.2) is 11.4 Å². The van der Waals surface area contributed by atoms with Crippen LogP contribution < -0.4 is 0 Å². The predicted octanol–water partition coefficient (Wildman–Crippen LogP) is 0.313. The molecule has 0 unspecified atom stereocenters. The summed E-state index contributed by atoms with van der Waals surface area (Å²) in [4.78, 5) is 21.3. The van der Waals surface area contributed by atoms with Gasteiger partial charge in [0.05, 0.1) is 6.61 Å². The SMILES string of the molecule is CCOC(=O)C(=C=N)C(C)=O. The van der Waals surface area contributed by atoms with Gasteiger partial charge in [-0.15, -0.1) is 0 Å². The Morgan fingerprint density at radius 3 is 2.36 bits per heavy atom. The van der Waals surface area contributed by atoms with Gasteiger partial charge in [-0.3, -0.25) is 10.2 Å². The van der Waals surface area contributed by atoms with Crippen LogP contribution in [0.4, 0.5) is 0 Å². The second-order valence-corrected chi connectivity index (χ2v) is 1.78. The number of ether oxygens (including phenoxy) is 1. The standard InChI is InChI=1S/C7H9NO3/c1-3-11-7(10)6(4-8)5(2)9/h8H,3H2,1-2H3. The molecule has 0 aliphatic rings. The number of hydrogen-bond donors (Lipinski definition) is 1. The zero-order chi connectivity index (χ0) is 8.85. The monoisotopic (exact) mass is 155 g/mol. The summed E-state index contributed by atoms with van der Waals surface area (Å²) < 4.78 is 4.48. The lowest BCUT2D eigenvalue weighted by Gasteiger charge is -1.98. The summed E-state index contributed by atoms with van der Waals surface area (Å²) in [5, 5.41) is 6.59. The van der Waals surface area contributed by atoms with Gasteiger partial charge in [-0.25, -0.2) is 4.79 Å². The molecule has 0 saturated heterocycles. The van der Waals surface area contributed by atoms with Crippen LogP contribution in [0.15, 0.2) is 5.57 Å². The molecule has 0 aromatic rings. The molecule has 1 N–H and O–H groups in total. The summed E-state index contributed by atoms with van der Waals surface area (Å²) in [6.45, 7) is 3.00. The van der Waals surface area contributed by atoms with Crippen LogP contribution in [-0.4, -0.2) is 24.2 Å². The average molecular weight is 155 g/mol.